The highest BCUT2D eigenvalue weighted by atomic mass is 32.1. The zero-order valence-corrected chi connectivity index (χ0v) is 9.44. The van der Waals surface area contributed by atoms with Gasteiger partial charge in [-0.25, -0.2) is 13.6 Å². The number of nitrogens with one attached hydrogen (secondary N) is 1. The zero-order valence-electron chi connectivity index (χ0n) is 8.63. The van der Waals surface area contributed by atoms with Gasteiger partial charge < -0.3 is 15.8 Å². The Bertz CT molecular complexity index is 368. The van der Waals surface area contributed by atoms with Crippen LogP contribution in [0.2, 0.25) is 0 Å². The number of carbonyl (C=O) groups is 1. The van der Waals surface area contributed by atoms with E-state index < -0.39 is 18.9 Å². The van der Waals surface area contributed by atoms with E-state index in [0.717, 1.165) is 11.3 Å². The lowest BCUT2D eigenvalue weighted by molar-refractivity contribution is 0.0533. The van der Waals surface area contributed by atoms with Crippen LogP contribution in [-0.2, 0) is 4.74 Å². The van der Waals surface area contributed by atoms with Crippen LogP contribution in [0.25, 0.3) is 0 Å². The maximum atomic E-state index is 11.9. The van der Waals surface area contributed by atoms with E-state index in [1.165, 1.54) is 6.07 Å². The van der Waals surface area contributed by atoms with Gasteiger partial charge in [-0.1, -0.05) is 0 Å². The molecule has 1 aromatic rings. The Balaban J connectivity index is 2.69. The molecule has 0 saturated carbocycles. The second-order valence-corrected chi connectivity index (χ2v) is 3.94. The summed E-state index contributed by atoms with van der Waals surface area (Å²) in [4.78, 5) is 11.6. The molecule has 1 aromatic heterocycles. The zero-order chi connectivity index (χ0) is 12.1. The van der Waals surface area contributed by atoms with Gasteiger partial charge in [-0.2, -0.15) is 0 Å². The van der Waals surface area contributed by atoms with Crippen molar-refractivity contribution in [3.63, 3.8) is 0 Å². The molecule has 0 aromatic carbocycles. The summed E-state index contributed by atoms with van der Waals surface area (Å²) in [6.07, 6.45) is -2.45. The van der Waals surface area contributed by atoms with Crippen molar-refractivity contribution in [3.8, 4) is 0 Å². The molecule has 0 amide bonds. The van der Waals surface area contributed by atoms with Gasteiger partial charge in [0.2, 0.25) is 0 Å². The number of nitrogens with two attached hydrogens (primary N) is 1. The van der Waals surface area contributed by atoms with Crippen molar-refractivity contribution in [2.75, 3.05) is 24.2 Å². The minimum atomic E-state index is -2.45. The highest BCUT2D eigenvalue weighted by molar-refractivity contribution is 7.18. The molecule has 0 radical (unpaired) electrons. The van der Waals surface area contributed by atoms with E-state index in [9.17, 15) is 13.6 Å². The van der Waals surface area contributed by atoms with Crippen LogP contribution in [0, 0.1) is 0 Å². The van der Waals surface area contributed by atoms with E-state index in [1.54, 1.807) is 6.92 Å². The van der Waals surface area contributed by atoms with Crippen LogP contribution in [0.4, 0.5) is 19.5 Å². The second kappa shape index (κ2) is 5.64. The Labute approximate surface area is 95.4 Å². The molecular formula is C9H12F2N2O2S. The number of nitrogen functional groups attached to an aromatic ring is 1. The van der Waals surface area contributed by atoms with E-state index in [0.29, 0.717) is 5.00 Å². The summed E-state index contributed by atoms with van der Waals surface area (Å²) in [6, 6.07) is 1.44. The predicted octanol–water partition coefficient (Wildman–Crippen LogP) is 2.18. The standard InChI is InChI=1S/C9H12F2N2O2S/c1-2-15-9(14)8-5(12)3-7(16-8)13-4-6(10)11/h3,6,13H,2,4,12H2,1H3. The lowest BCUT2D eigenvalue weighted by Crippen LogP contribution is -2.08. The minimum absolute atomic E-state index is 0.235. The molecule has 3 N–H and O–H groups in total. The monoisotopic (exact) mass is 250 g/mol. The fourth-order valence-electron chi connectivity index (χ4n) is 1.03. The number of ether oxygens (including phenoxy) is 1. The summed E-state index contributed by atoms with van der Waals surface area (Å²) in [5, 5.41) is 2.91. The van der Waals surface area contributed by atoms with Gasteiger partial charge in [0.15, 0.2) is 0 Å². The molecule has 0 spiro atoms. The summed E-state index contributed by atoms with van der Waals surface area (Å²) in [6.45, 7) is 1.45. The third-order valence-corrected chi connectivity index (χ3v) is 2.74. The topological polar surface area (TPSA) is 64.3 Å². The van der Waals surface area contributed by atoms with E-state index in [4.69, 9.17) is 10.5 Å². The van der Waals surface area contributed by atoms with E-state index in [1.807, 2.05) is 0 Å². The number of hydrogen-bond donors (Lipinski definition) is 2. The molecule has 1 heterocycles. The first-order valence-corrected chi connectivity index (χ1v) is 5.44. The average molecular weight is 250 g/mol. The van der Waals surface area contributed by atoms with Gasteiger partial charge in [0.25, 0.3) is 6.43 Å². The summed E-state index contributed by atoms with van der Waals surface area (Å²) >= 11 is 1.01. The molecule has 1 rings (SSSR count). The molecule has 0 aliphatic heterocycles. The van der Waals surface area contributed by atoms with Crippen LogP contribution >= 0.6 is 11.3 Å². The average Bonchev–Trinajstić information content (AvgIpc) is 2.57. The van der Waals surface area contributed by atoms with Crippen molar-refractivity contribution < 1.29 is 18.3 Å². The Kier molecular flexibility index (Phi) is 4.48. The lowest BCUT2D eigenvalue weighted by Gasteiger charge is -2.00. The number of carbonyl (C=O) groups excluding carboxylic acids is 1. The first-order chi connectivity index (χ1) is 7.54. The lowest BCUT2D eigenvalue weighted by atomic mass is 10.4. The van der Waals surface area contributed by atoms with Gasteiger partial charge in [-0.05, 0) is 13.0 Å². The van der Waals surface area contributed by atoms with Gasteiger partial charge in [0.1, 0.15) is 4.88 Å². The van der Waals surface area contributed by atoms with Crippen LogP contribution in [0.15, 0.2) is 6.07 Å². The molecule has 0 aliphatic carbocycles. The third kappa shape index (κ3) is 3.34. The number of thiophene rings is 1. The Morgan fingerprint density at radius 2 is 2.38 bits per heavy atom. The van der Waals surface area contributed by atoms with Gasteiger partial charge in [0.05, 0.1) is 23.8 Å². The molecule has 0 unspecified atom stereocenters. The fourth-order valence-corrected chi connectivity index (χ4v) is 1.91. The Hall–Kier alpha value is -1.37. The quantitative estimate of drug-likeness (QED) is 0.786. The number of anilines is 2. The predicted molar refractivity (Wildman–Crippen MR) is 59.2 cm³/mol. The van der Waals surface area contributed by atoms with Crippen LogP contribution in [-0.4, -0.2) is 25.5 Å². The largest absolute Gasteiger partial charge is 0.462 e. The van der Waals surface area contributed by atoms with E-state index in [-0.39, 0.29) is 17.2 Å². The second-order valence-electron chi connectivity index (χ2n) is 2.89. The first kappa shape index (κ1) is 12.7. The van der Waals surface area contributed by atoms with Crippen LogP contribution < -0.4 is 11.1 Å². The SMILES string of the molecule is CCOC(=O)c1sc(NCC(F)F)cc1N. The number of hydrogen-bond acceptors (Lipinski definition) is 5. The molecule has 0 aliphatic rings. The maximum Gasteiger partial charge on any atom is 0.350 e. The third-order valence-electron chi connectivity index (χ3n) is 1.65. The van der Waals surface area contributed by atoms with Crippen molar-refractivity contribution >= 4 is 28.0 Å². The fraction of sp³-hybridized carbons (Fsp3) is 0.444. The molecular weight excluding hydrogens is 238 g/mol. The smallest absolute Gasteiger partial charge is 0.350 e. The highest BCUT2D eigenvalue weighted by Gasteiger charge is 2.15. The summed E-state index contributed by atoms with van der Waals surface area (Å²) in [5.41, 5.74) is 5.80. The van der Waals surface area contributed by atoms with Crippen molar-refractivity contribution in [2.45, 2.75) is 13.3 Å². The van der Waals surface area contributed by atoms with Gasteiger partial charge >= 0.3 is 5.97 Å². The Morgan fingerprint density at radius 1 is 1.69 bits per heavy atom. The number of alkyl halides is 2. The minimum Gasteiger partial charge on any atom is -0.462 e. The summed E-state index contributed by atoms with van der Waals surface area (Å²) in [5.74, 6) is -0.532. The molecule has 7 heteroatoms. The highest BCUT2D eigenvalue weighted by Crippen LogP contribution is 2.29. The first-order valence-electron chi connectivity index (χ1n) is 4.63. The molecule has 0 atom stereocenters. The molecule has 0 fully saturated rings. The van der Waals surface area contributed by atoms with Crippen LogP contribution in [0.3, 0.4) is 0 Å². The molecule has 90 valence electrons. The van der Waals surface area contributed by atoms with Crippen molar-refractivity contribution in [1.29, 1.82) is 0 Å². The number of esters is 1. The van der Waals surface area contributed by atoms with Gasteiger partial charge in [0, 0.05) is 0 Å². The number of rotatable bonds is 5. The molecule has 0 bridgehead atoms. The van der Waals surface area contributed by atoms with E-state index >= 15 is 0 Å². The van der Waals surface area contributed by atoms with Crippen molar-refractivity contribution in [2.24, 2.45) is 0 Å². The molecule has 4 nitrogen and oxygen atoms in total. The van der Waals surface area contributed by atoms with Crippen molar-refractivity contribution in [1.82, 2.24) is 0 Å². The molecule has 16 heavy (non-hydrogen) atoms. The molecule has 0 saturated heterocycles. The Morgan fingerprint density at radius 3 is 2.94 bits per heavy atom. The van der Waals surface area contributed by atoms with Crippen LogP contribution in [0.1, 0.15) is 16.6 Å². The number of halogens is 2. The van der Waals surface area contributed by atoms with Crippen molar-refractivity contribution in [3.05, 3.63) is 10.9 Å². The maximum absolute atomic E-state index is 11.9. The van der Waals surface area contributed by atoms with Gasteiger partial charge in [-0.3, -0.25) is 0 Å². The van der Waals surface area contributed by atoms with E-state index in [2.05, 4.69) is 5.32 Å². The summed E-state index contributed by atoms with van der Waals surface area (Å²) in [7, 11) is 0. The normalized spacial score (nSPS) is 10.5. The summed E-state index contributed by atoms with van der Waals surface area (Å²) < 4.78 is 28.6. The van der Waals surface area contributed by atoms with Gasteiger partial charge in [-0.15, -0.1) is 11.3 Å². The van der Waals surface area contributed by atoms with Crippen LogP contribution in [0.5, 0.6) is 0 Å².